The fourth-order valence-electron chi connectivity index (χ4n) is 3.38. The lowest BCUT2D eigenvalue weighted by atomic mass is 10.2. The summed E-state index contributed by atoms with van der Waals surface area (Å²) >= 11 is 0. The Morgan fingerprint density at radius 3 is 2.93 bits per heavy atom. The summed E-state index contributed by atoms with van der Waals surface area (Å²) in [6.45, 7) is 7.66. The maximum absolute atomic E-state index is 12.7. The molecule has 1 aliphatic heterocycles. The quantitative estimate of drug-likeness (QED) is 0.726. The topological polar surface area (TPSA) is 98.3 Å². The number of urea groups is 1. The van der Waals surface area contributed by atoms with Crippen molar-refractivity contribution in [1.29, 1.82) is 0 Å². The molecule has 0 bridgehead atoms. The second-order valence-corrected chi connectivity index (χ2v) is 7.68. The number of rotatable bonds is 4. The lowest BCUT2D eigenvalue weighted by molar-refractivity contribution is -0.0294. The number of amides is 2. The van der Waals surface area contributed by atoms with Gasteiger partial charge >= 0.3 is 6.03 Å². The van der Waals surface area contributed by atoms with Gasteiger partial charge in [-0.2, -0.15) is 0 Å². The number of aromatic nitrogens is 4. The maximum atomic E-state index is 12.7. The average Bonchev–Trinajstić information content (AvgIpc) is 3.32. The van der Waals surface area contributed by atoms with Gasteiger partial charge in [0, 0.05) is 19.5 Å². The van der Waals surface area contributed by atoms with Gasteiger partial charge in [0.2, 0.25) is 11.8 Å². The van der Waals surface area contributed by atoms with Crippen molar-refractivity contribution in [2.45, 2.75) is 39.3 Å². The van der Waals surface area contributed by atoms with Crippen LogP contribution in [0.4, 0.5) is 4.79 Å². The van der Waals surface area contributed by atoms with E-state index in [0.29, 0.717) is 38.0 Å². The second-order valence-electron chi connectivity index (χ2n) is 7.68. The second kappa shape index (κ2) is 7.82. The van der Waals surface area contributed by atoms with Crippen molar-refractivity contribution in [3.8, 4) is 0 Å². The van der Waals surface area contributed by atoms with E-state index in [1.807, 2.05) is 44.5 Å². The normalized spacial score (nSPS) is 17.3. The molecule has 154 valence electrons. The summed E-state index contributed by atoms with van der Waals surface area (Å²) < 4.78 is 13.4. The van der Waals surface area contributed by atoms with Crippen molar-refractivity contribution in [1.82, 2.24) is 30.0 Å². The van der Waals surface area contributed by atoms with Crippen LogP contribution in [-0.4, -0.2) is 50.4 Å². The number of nitrogens with one attached hydrogen (secondary N) is 1. The Labute approximate surface area is 169 Å². The molecular weight excluding hydrogens is 372 g/mol. The van der Waals surface area contributed by atoms with Gasteiger partial charge in [-0.3, -0.25) is 0 Å². The molecule has 1 atom stereocenters. The van der Waals surface area contributed by atoms with Gasteiger partial charge in [0.05, 0.1) is 30.7 Å². The number of fused-ring (bicyclic) bond motifs is 1. The molecule has 29 heavy (non-hydrogen) atoms. The highest BCUT2D eigenvalue weighted by atomic mass is 16.5. The summed E-state index contributed by atoms with van der Waals surface area (Å²) in [5, 5.41) is 11.1. The van der Waals surface area contributed by atoms with Crippen LogP contribution < -0.4 is 5.32 Å². The molecule has 0 radical (unpaired) electrons. The Morgan fingerprint density at radius 1 is 1.34 bits per heavy atom. The molecule has 2 aromatic heterocycles. The number of hydrogen-bond acceptors (Lipinski definition) is 6. The number of aryl methyl sites for hydroxylation is 2. The van der Waals surface area contributed by atoms with Crippen molar-refractivity contribution in [3.63, 3.8) is 0 Å². The molecule has 1 saturated heterocycles. The standard InChI is InChI=1S/C20H26N6O3/c1-12(2)18-23-24-19(29-18)16-11-26(7-8-28-16)20(27)21-10-17-22-14-9-13(3)5-6-15(14)25(17)4/h5-6,9,12,16H,7-8,10-11H2,1-4H3,(H,21,27). The molecular formula is C20H26N6O3. The van der Waals surface area contributed by atoms with Crippen LogP contribution in [0, 0.1) is 6.92 Å². The Morgan fingerprint density at radius 2 is 2.17 bits per heavy atom. The highest BCUT2D eigenvalue weighted by Crippen LogP contribution is 2.23. The largest absolute Gasteiger partial charge is 0.422 e. The van der Waals surface area contributed by atoms with Crippen molar-refractivity contribution >= 4 is 17.1 Å². The van der Waals surface area contributed by atoms with E-state index in [1.54, 1.807) is 4.90 Å². The van der Waals surface area contributed by atoms with Crippen molar-refractivity contribution in [2.75, 3.05) is 19.7 Å². The average molecular weight is 398 g/mol. The summed E-state index contributed by atoms with van der Waals surface area (Å²) in [5.41, 5.74) is 3.14. The Bertz CT molecular complexity index is 1020. The summed E-state index contributed by atoms with van der Waals surface area (Å²) in [6.07, 6.45) is -0.409. The molecule has 3 heterocycles. The third-order valence-electron chi connectivity index (χ3n) is 5.11. The van der Waals surface area contributed by atoms with E-state index in [1.165, 1.54) is 0 Å². The molecule has 4 rings (SSSR count). The molecule has 3 aromatic rings. The number of nitrogens with zero attached hydrogens (tertiary/aromatic N) is 5. The smallest absolute Gasteiger partial charge is 0.317 e. The third kappa shape index (κ3) is 3.95. The fraction of sp³-hybridized carbons (Fsp3) is 0.500. The van der Waals surface area contributed by atoms with Crippen LogP contribution >= 0.6 is 0 Å². The molecule has 1 aliphatic rings. The van der Waals surface area contributed by atoms with Crippen LogP contribution in [0.3, 0.4) is 0 Å². The molecule has 0 aliphatic carbocycles. The van der Waals surface area contributed by atoms with Gasteiger partial charge < -0.3 is 23.9 Å². The number of morpholine rings is 1. The van der Waals surface area contributed by atoms with E-state index < -0.39 is 6.10 Å². The fourth-order valence-corrected chi connectivity index (χ4v) is 3.38. The van der Waals surface area contributed by atoms with E-state index in [9.17, 15) is 4.79 Å². The SMILES string of the molecule is Cc1ccc2c(c1)nc(CNC(=O)N1CCOC(c3nnc(C(C)C)o3)C1)n2C. The molecule has 1 fully saturated rings. The first-order valence-corrected chi connectivity index (χ1v) is 9.82. The highest BCUT2D eigenvalue weighted by Gasteiger charge is 2.29. The summed E-state index contributed by atoms with van der Waals surface area (Å²) in [5.74, 6) is 1.94. The maximum Gasteiger partial charge on any atom is 0.317 e. The molecule has 9 nitrogen and oxygen atoms in total. The minimum Gasteiger partial charge on any atom is -0.422 e. The Kier molecular flexibility index (Phi) is 5.23. The third-order valence-corrected chi connectivity index (χ3v) is 5.11. The Balaban J connectivity index is 1.40. The number of hydrogen-bond donors (Lipinski definition) is 1. The van der Waals surface area contributed by atoms with Crippen molar-refractivity contribution in [2.24, 2.45) is 7.05 Å². The van der Waals surface area contributed by atoms with Crippen LogP contribution in [0.15, 0.2) is 22.6 Å². The van der Waals surface area contributed by atoms with Gasteiger partial charge in [0.1, 0.15) is 5.82 Å². The number of ether oxygens (including phenoxy) is 1. The van der Waals surface area contributed by atoms with Crippen LogP contribution in [0.1, 0.15) is 49.0 Å². The van der Waals surface area contributed by atoms with E-state index in [2.05, 4.69) is 26.6 Å². The van der Waals surface area contributed by atoms with Crippen LogP contribution in [0.25, 0.3) is 11.0 Å². The monoisotopic (exact) mass is 398 g/mol. The molecule has 2 amide bonds. The van der Waals surface area contributed by atoms with E-state index in [0.717, 1.165) is 22.4 Å². The molecule has 1 aromatic carbocycles. The first-order chi connectivity index (χ1) is 13.9. The summed E-state index contributed by atoms with van der Waals surface area (Å²) in [4.78, 5) is 19.1. The number of carbonyl (C=O) groups is 1. The number of benzene rings is 1. The van der Waals surface area contributed by atoms with Gasteiger partial charge in [-0.1, -0.05) is 19.9 Å². The first-order valence-electron chi connectivity index (χ1n) is 9.82. The molecule has 0 spiro atoms. The van der Waals surface area contributed by atoms with Gasteiger partial charge in [-0.25, -0.2) is 9.78 Å². The van der Waals surface area contributed by atoms with Crippen LogP contribution in [0.2, 0.25) is 0 Å². The predicted octanol–water partition coefficient (Wildman–Crippen LogP) is 2.67. The van der Waals surface area contributed by atoms with E-state index in [4.69, 9.17) is 9.15 Å². The zero-order chi connectivity index (χ0) is 20.5. The highest BCUT2D eigenvalue weighted by molar-refractivity contribution is 5.77. The van der Waals surface area contributed by atoms with Crippen LogP contribution in [0.5, 0.6) is 0 Å². The zero-order valence-electron chi connectivity index (χ0n) is 17.2. The molecule has 1 unspecified atom stereocenters. The Hall–Kier alpha value is -2.94. The molecule has 1 N–H and O–H groups in total. The summed E-state index contributed by atoms with van der Waals surface area (Å²) in [6, 6.07) is 5.99. The number of imidazole rings is 1. The first kappa shape index (κ1) is 19.4. The predicted molar refractivity (Wildman–Crippen MR) is 106 cm³/mol. The minimum atomic E-state index is -0.409. The lowest BCUT2D eigenvalue weighted by Crippen LogP contribution is -2.47. The minimum absolute atomic E-state index is 0.149. The van der Waals surface area contributed by atoms with Gasteiger partial charge in [0.15, 0.2) is 6.10 Å². The molecule has 9 heteroatoms. The van der Waals surface area contributed by atoms with Gasteiger partial charge in [-0.15, -0.1) is 10.2 Å². The van der Waals surface area contributed by atoms with Gasteiger partial charge in [-0.05, 0) is 24.6 Å². The van der Waals surface area contributed by atoms with Crippen molar-refractivity contribution < 1.29 is 13.9 Å². The number of carbonyl (C=O) groups excluding carboxylic acids is 1. The van der Waals surface area contributed by atoms with Gasteiger partial charge in [0.25, 0.3) is 0 Å². The van der Waals surface area contributed by atoms with E-state index >= 15 is 0 Å². The summed E-state index contributed by atoms with van der Waals surface area (Å²) in [7, 11) is 1.96. The lowest BCUT2D eigenvalue weighted by Gasteiger charge is -2.31. The van der Waals surface area contributed by atoms with Crippen molar-refractivity contribution in [3.05, 3.63) is 41.4 Å². The zero-order valence-corrected chi connectivity index (χ0v) is 17.2. The van der Waals surface area contributed by atoms with E-state index in [-0.39, 0.29) is 11.9 Å². The van der Waals surface area contributed by atoms with Crippen LogP contribution in [-0.2, 0) is 18.3 Å². The molecule has 0 saturated carbocycles.